The molecule has 10 heteroatoms. The highest BCUT2D eigenvalue weighted by Crippen LogP contribution is 2.43. The van der Waals surface area contributed by atoms with Crippen molar-refractivity contribution in [2.75, 3.05) is 32.2 Å². The summed E-state index contributed by atoms with van der Waals surface area (Å²) in [6, 6.07) is 16.5. The Morgan fingerprint density at radius 2 is 1.79 bits per heavy atom. The van der Waals surface area contributed by atoms with Crippen molar-refractivity contribution in [2.45, 2.75) is 31.7 Å². The smallest absolute Gasteiger partial charge is 0.355 e. The van der Waals surface area contributed by atoms with E-state index in [9.17, 15) is 14.9 Å². The molecule has 10 nitrogen and oxygen atoms in total. The molecule has 0 bridgehead atoms. The molecule has 0 saturated carbocycles. The number of H-pyrrole nitrogens is 1. The molecule has 200 valence electrons. The van der Waals surface area contributed by atoms with Gasteiger partial charge in [-0.3, -0.25) is 9.80 Å². The maximum Gasteiger partial charge on any atom is 0.355 e. The zero-order valence-corrected chi connectivity index (χ0v) is 21.9. The van der Waals surface area contributed by atoms with Gasteiger partial charge in [0.25, 0.3) is 0 Å². The number of esters is 2. The first kappa shape index (κ1) is 26.0. The van der Waals surface area contributed by atoms with Crippen molar-refractivity contribution in [1.82, 2.24) is 14.9 Å². The van der Waals surface area contributed by atoms with Crippen LogP contribution >= 0.6 is 0 Å². The molecule has 2 aromatic carbocycles. The van der Waals surface area contributed by atoms with Crippen LogP contribution in [0.5, 0.6) is 0 Å². The topological polar surface area (TPSA) is 138 Å². The number of hydrogen-bond acceptors (Lipinski definition) is 9. The first-order valence-electron chi connectivity index (χ1n) is 12.8. The van der Waals surface area contributed by atoms with Crippen molar-refractivity contribution in [3.05, 3.63) is 82.6 Å². The van der Waals surface area contributed by atoms with Crippen LogP contribution in [0.15, 0.2) is 71.2 Å². The van der Waals surface area contributed by atoms with E-state index in [-0.39, 0.29) is 22.7 Å². The fourth-order valence-corrected chi connectivity index (χ4v) is 5.38. The van der Waals surface area contributed by atoms with Gasteiger partial charge in [0.05, 0.1) is 60.6 Å². The number of nitrogens with two attached hydrogens (primary N) is 1. The van der Waals surface area contributed by atoms with E-state index in [0.29, 0.717) is 17.8 Å². The van der Waals surface area contributed by atoms with E-state index in [4.69, 9.17) is 20.2 Å². The van der Waals surface area contributed by atoms with E-state index in [2.05, 4.69) is 16.0 Å². The van der Waals surface area contributed by atoms with Crippen LogP contribution in [0.25, 0.3) is 11.0 Å². The summed E-state index contributed by atoms with van der Waals surface area (Å²) >= 11 is 0. The number of aromatic amines is 1. The van der Waals surface area contributed by atoms with E-state index in [1.165, 1.54) is 38.4 Å². The molecule has 0 radical (unpaired) electrons. The number of aromatic nitrogens is 2. The summed E-state index contributed by atoms with van der Waals surface area (Å²) in [7, 11) is 2.45. The van der Waals surface area contributed by atoms with E-state index in [1.807, 2.05) is 12.1 Å². The highest BCUT2D eigenvalue weighted by molar-refractivity contribution is 6.06. The fourth-order valence-electron chi connectivity index (χ4n) is 5.38. The quantitative estimate of drug-likeness (QED) is 0.463. The zero-order chi connectivity index (χ0) is 27.5. The summed E-state index contributed by atoms with van der Waals surface area (Å²) < 4.78 is 10.2. The Bertz CT molecular complexity index is 1510. The van der Waals surface area contributed by atoms with Gasteiger partial charge in [0.1, 0.15) is 17.3 Å². The van der Waals surface area contributed by atoms with E-state index in [1.54, 1.807) is 36.4 Å². The van der Waals surface area contributed by atoms with Crippen LogP contribution in [-0.2, 0) is 25.6 Å². The summed E-state index contributed by atoms with van der Waals surface area (Å²) in [5.74, 6) is -1.60. The van der Waals surface area contributed by atoms with Crippen LogP contribution < -0.4 is 10.6 Å². The normalized spacial score (nSPS) is 18.3. The second-order valence-electron chi connectivity index (χ2n) is 9.56. The van der Waals surface area contributed by atoms with Gasteiger partial charge in [-0.15, -0.1) is 0 Å². The number of anilines is 1. The Labute approximate surface area is 226 Å². The van der Waals surface area contributed by atoms with Crippen LogP contribution in [0.1, 0.15) is 36.6 Å². The Hall–Kier alpha value is -4.62. The number of allylic oxidation sites excluding steroid dienone is 1. The minimum atomic E-state index is -0.916. The molecule has 5 rings (SSSR count). The van der Waals surface area contributed by atoms with Gasteiger partial charge < -0.3 is 20.2 Å². The molecule has 0 aliphatic carbocycles. The molecule has 3 heterocycles. The molecule has 2 aliphatic rings. The second kappa shape index (κ2) is 11.0. The van der Waals surface area contributed by atoms with Crippen LogP contribution in [0.4, 0.5) is 5.69 Å². The first-order chi connectivity index (χ1) is 19.0. The number of piperidine rings is 1. The second-order valence-corrected chi connectivity index (χ2v) is 9.56. The van der Waals surface area contributed by atoms with Crippen molar-refractivity contribution in [3.63, 3.8) is 0 Å². The molecule has 0 amide bonds. The van der Waals surface area contributed by atoms with Gasteiger partial charge in [-0.2, -0.15) is 5.26 Å². The maximum atomic E-state index is 13.3. The third kappa shape index (κ3) is 4.84. The zero-order valence-electron chi connectivity index (χ0n) is 21.9. The summed E-state index contributed by atoms with van der Waals surface area (Å²) in [6.07, 6.45) is 3.62. The average Bonchev–Trinajstić information content (AvgIpc) is 3.38. The lowest BCUT2D eigenvalue weighted by Crippen LogP contribution is -2.40. The number of nitrogens with zero attached hydrogens (tertiary/aromatic N) is 4. The monoisotopic (exact) mass is 526 g/mol. The van der Waals surface area contributed by atoms with E-state index in [0.717, 1.165) is 29.9 Å². The summed E-state index contributed by atoms with van der Waals surface area (Å²) in [5.41, 5.74) is 9.16. The van der Waals surface area contributed by atoms with Gasteiger partial charge >= 0.3 is 11.9 Å². The van der Waals surface area contributed by atoms with Gasteiger partial charge in [-0.05, 0) is 49.7 Å². The Morgan fingerprint density at radius 3 is 2.46 bits per heavy atom. The lowest BCUT2D eigenvalue weighted by atomic mass is 9.81. The molecule has 3 aromatic rings. The van der Waals surface area contributed by atoms with Crippen molar-refractivity contribution in [3.8, 4) is 6.07 Å². The molecular weight excluding hydrogens is 496 g/mol. The van der Waals surface area contributed by atoms with Crippen LogP contribution in [0.2, 0.25) is 0 Å². The molecule has 1 aromatic heterocycles. The standard InChI is InChI=1S/C29H30N6O4/c1-38-28(36)25-24(18-9-5-3-6-10-18)20(16-30)27(31)35(26(25)29(37)39-2)19-11-12-21-22(15-19)33-23(32-21)17-34-13-7-4-8-14-34/h3,5-6,9-12,15,24H,4,7-8,13-14,17,31H2,1-2H3,(H,32,33). The van der Waals surface area contributed by atoms with Crippen LogP contribution in [-0.4, -0.2) is 54.1 Å². The largest absolute Gasteiger partial charge is 0.466 e. The van der Waals surface area contributed by atoms with Crippen LogP contribution in [0, 0.1) is 11.3 Å². The van der Waals surface area contributed by atoms with Gasteiger partial charge in [0.2, 0.25) is 0 Å². The Morgan fingerprint density at radius 1 is 1.08 bits per heavy atom. The number of hydrogen-bond donors (Lipinski definition) is 2. The number of rotatable bonds is 6. The predicted molar refractivity (Wildman–Crippen MR) is 145 cm³/mol. The molecule has 1 saturated heterocycles. The Balaban J connectivity index is 1.65. The number of carbonyl (C=O) groups is 2. The SMILES string of the molecule is COC(=O)C1=C(C(=O)OC)N(c2ccc3nc(CN4CCCCC4)[nH]c3c2)C(N)=C(C#N)C1c1ccccc1. The lowest BCUT2D eigenvalue weighted by Gasteiger charge is -2.35. The molecular formula is C29H30N6O4. The minimum absolute atomic E-state index is 0.0202. The predicted octanol–water partition coefficient (Wildman–Crippen LogP) is 3.45. The summed E-state index contributed by atoms with van der Waals surface area (Å²) in [5, 5.41) is 10.2. The molecule has 0 spiro atoms. The summed E-state index contributed by atoms with van der Waals surface area (Å²) in [4.78, 5) is 38.4. The minimum Gasteiger partial charge on any atom is -0.466 e. The van der Waals surface area contributed by atoms with Gasteiger partial charge in [0.15, 0.2) is 0 Å². The molecule has 2 aliphatic heterocycles. The number of benzene rings is 2. The van der Waals surface area contributed by atoms with Crippen molar-refractivity contribution >= 4 is 28.7 Å². The number of nitriles is 1. The highest BCUT2D eigenvalue weighted by Gasteiger charge is 2.43. The van der Waals surface area contributed by atoms with Crippen molar-refractivity contribution in [1.29, 1.82) is 5.26 Å². The van der Waals surface area contributed by atoms with Crippen molar-refractivity contribution < 1.29 is 19.1 Å². The van der Waals surface area contributed by atoms with Gasteiger partial charge in [-0.25, -0.2) is 14.6 Å². The summed E-state index contributed by atoms with van der Waals surface area (Å²) in [6.45, 7) is 2.80. The fraction of sp³-hybridized carbons (Fsp3) is 0.310. The molecule has 1 unspecified atom stereocenters. The number of likely N-dealkylation sites (tertiary alicyclic amines) is 1. The van der Waals surface area contributed by atoms with Gasteiger partial charge in [0, 0.05) is 0 Å². The lowest BCUT2D eigenvalue weighted by molar-refractivity contribution is -0.139. The third-order valence-electron chi connectivity index (χ3n) is 7.21. The van der Waals surface area contributed by atoms with Gasteiger partial charge in [-0.1, -0.05) is 36.8 Å². The number of methoxy groups -OCH3 is 2. The molecule has 39 heavy (non-hydrogen) atoms. The van der Waals surface area contributed by atoms with Crippen LogP contribution in [0.3, 0.4) is 0 Å². The first-order valence-corrected chi connectivity index (χ1v) is 12.8. The number of ether oxygens (including phenoxy) is 2. The highest BCUT2D eigenvalue weighted by atomic mass is 16.5. The molecule has 3 N–H and O–H groups in total. The van der Waals surface area contributed by atoms with E-state index >= 15 is 0 Å². The number of carbonyl (C=O) groups excluding carboxylic acids is 2. The number of nitrogens with one attached hydrogen (secondary N) is 1. The van der Waals surface area contributed by atoms with Crippen molar-refractivity contribution in [2.24, 2.45) is 5.73 Å². The molecule has 1 fully saturated rings. The number of fused-ring (bicyclic) bond motifs is 1. The molecule has 1 atom stereocenters. The third-order valence-corrected chi connectivity index (χ3v) is 7.21. The maximum absolute atomic E-state index is 13.3. The Kier molecular flexibility index (Phi) is 7.34. The average molecular weight is 527 g/mol. The number of imidazole rings is 1. The van der Waals surface area contributed by atoms with E-state index < -0.39 is 17.9 Å².